The predicted molar refractivity (Wildman–Crippen MR) is 108 cm³/mol. The lowest BCUT2D eigenvalue weighted by molar-refractivity contribution is -0.135. The Morgan fingerprint density at radius 3 is 2.68 bits per heavy atom. The highest BCUT2D eigenvalue weighted by molar-refractivity contribution is 5.92. The highest BCUT2D eigenvalue weighted by Gasteiger charge is 2.29. The van der Waals surface area contributed by atoms with E-state index >= 15 is 0 Å². The number of hydrogen-bond donors (Lipinski definition) is 0. The number of fused-ring (bicyclic) bond motifs is 3. The molecule has 5 rings (SSSR count). The number of amides is 1. The molecule has 3 aromatic rings. The Balaban J connectivity index is 1.46. The molecule has 1 amide bonds. The van der Waals surface area contributed by atoms with Crippen LogP contribution in [-0.2, 0) is 4.79 Å². The van der Waals surface area contributed by atoms with Crippen molar-refractivity contribution in [2.24, 2.45) is 5.92 Å². The van der Waals surface area contributed by atoms with Crippen LogP contribution in [-0.4, -0.2) is 56.6 Å². The van der Waals surface area contributed by atoms with Crippen LogP contribution in [0, 0.1) is 12.8 Å². The van der Waals surface area contributed by atoms with E-state index in [1.165, 1.54) is 12.8 Å². The van der Waals surface area contributed by atoms with Gasteiger partial charge in [-0.25, -0.2) is 9.38 Å². The molecule has 28 heavy (non-hydrogen) atoms. The Labute approximate surface area is 164 Å². The molecule has 0 spiro atoms. The van der Waals surface area contributed by atoms with Gasteiger partial charge in [-0.2, -0.15) is 0 Å². The first-order chi connectivity index (χ1) is 13.7. The topological polar surface area (TPSA) is 66.6 Å². The van der Waals surface area contributed by atoms with Gasteiger partial charge in [0, 0.05) is 37.5 Å². The molecule has 7 nitrogen and oxygen atoms in total. The van der Waals surface area contributed by atoms with E-state index in [1.54, 1.807) is 0 Å². The van der Waals surface area contributed by atoms with Gasteiger partial charge >= 0.3 is 0 Å². The number of anilines is 1. The van der Waals surface area contributed by atoms with E-state index in [0.29, 0.717) is 5.91 Å². The minimum Gasteiger partial charge on any atom is -0.341 e. The molecular weight excluding hydrogens is 352 g/mol. The van der Waals surface area contributed by atoms with E-state index in [4.69, 9.17) is 4.98 Å². The third-order valence-corrected chi connectivity index (χ3v) is 6.19. The summed E-state index contributed by atoms with van der Waals surface area (Å²) in [7, 11) is 0. The minimum atomic E-state index is 0.247. The third kappa shape index (κ3) is 2.89. The number of aromatic nitrogens is 4. The third-order valence-electron chi connectivity index (χ3n) is 6.19. The van der Waals surface area contributed by atoms with E-state index in [9.17, 15) is 4.79 Å². The highest BCUT2D eigenvalue weighted by atomic mass is 16.2. The van der Waals surface area contributed by atoms with Crippen LogP contribution < -0.4 is 4.90 Å². The van der Waals surface area contributed by atoms with Gasteiger partial charge in [0.05, 0.1) is 5.52 Å². The standard InChI is InChI=1S/C21H26N6O/c1-15-23-24-19-17-9-4-5-10-18(17)22-21(27(15)19)26-12-6-11-25(13-14-26)20(28)16-7-2-3-8-16/h4-5,9-10,16H,2-3,6-8,11-14H2,1H3. The number of rotatable bonds is 2. The molecule has 1 saturated heterocycles. The van der Waals surface area contributed by atoms with Gasteiger partial charge in [0.2, 0.25) is 11.9 Å². The maximum Gasteiger partial charge on any atom is 0.225 e. The Morgan fingerprint density at radius 2 is 1.82 bits per heavy atom. The summed E-state index contributed by atoms with van der Waals surface area (Å²) >= 11 is 0. The Bertz CT molecular complexity index is 1020. The predicted octanol–water partition coefficient (Wildman–Crippen LogP) is 2.81. The average molecular weight is 378 g/mol. The molecule has 1 aliphatic heterocycles. The average Bonchev–Trinajstić information content (AvgIpc) is 3.32. The number of nitrogens with zero attached hydrogens (tertiary/aromatic N) is 6. The summed E-state index contributed by atoms with van der Waals surface area (Å²) < 4.78 is 2.05. The van der Waals surface area contributed by atoms with Gasteiger partial charge in [0.1, 0.15) is 5.82 Å². The zero-order valence-electron chi connectivity index (χ0n) is 16.3. The SMILES string of the molecule is Cc1nnc2c3ccccc3nc(N3CCCN(C(=O)C4CCCC4)CC3)n12. The maximum atomic E-state index is 12.9. The second kappa shape index (κ2) is 7.04. The van der Waals surface area contributed by atoms with Gasteiger partial charge in [-0.3, -0.25) is 4.79 Å². The number of hydrogen-bond acceptors (Lipinski definition) is 5. The van der Waals surface area contributed by atoms with Gasteiger partial charge < -0.3 is 9.80 Å². The van der Waals surface area contributed by atoms with Crippen LogP contribution in [0.3, 0.4) is 0 Å². The van der Waals surface area contributed by atoms with E-state index in [1.807, 2.05) is 31.2 Å². The molecule has 2 fully saturated rings. The fourth-order valence-corrected chi connectivity index (χ4v) is 4.68. The Hall–Kier alpha value is -2.70. The van der Waals surface area contributed by atoms with Crippen molar-refractivity contribution in [1.82, 2.24) is 24.5 Å². The van der Waals surface area contributed by atoms with Crippen molar-refractivity contribution in [1.29, 1.82) is 0 Å². The Morgan fingerprint density at radius 1 is 1.00 bits per heavy atom. The molecule has 7 heteroatoms. The molecule has 0 atom stereocenters. The zero-order chi connectivity index (χ0) is 19.1. The van der Waals surface area contributed by atoms with Crippen LogP contribution in [0.4, 0.5) is 5.95 Å². The van der Waals surface area contributed by atoms with Crippen LogP contribution in [0.2, 0.25) is 0 Å². The minimum absolute atomic E-state index is 0.247. The number of carbonyl (C=O) groups is 1. The van der Waals surface area contributed by atoms with Gasteiger partial charge in [-0.1, -0.05) is 25.0 Å². The van der Waals surface area contributed by atoms with E-state index in [2.05, 4.69) is 24.4 Å². The quantitative estimate of drug-likeness (QED) is 0.686. The van der Waals surface area contributed by atoms with Crippen LogP contribution in [0.25, 0.3) is 16.6 Å². The summed E-state index contributed by atoms with van der Waals surface area (Å²) in [4.78, 5) is 22.2. The number of benzene rings is 1. The van der Waals surface area contributed by atoms with Gasteiger partial charge in [0.25, 0.3) is 0 Å². The highest BCUT2D eigenvalue weighted by Crippen LogP contribution is 2.28. The molecule has 0 bridgehead atoms. The Kier molecular flexibility index (Phi) is 4.37. The largest absolute Gasteiger partial charge is 0.341 e. The summed E-state index contributed by atoms with van der Waals surface area (Å²) in [5.74, 6) is 2.33. The lowest BCUT2D eigenvalue weighted by Gasteiger charge is -2.25. The molecule has 1 aromatic carbocycles. The number of carbonyl (C=O) groups excluding carboxylic acids is 1. The molecular formula is C21H26N6O. The first kappa shape index (κ1) is 17.4. The van der Waals surface area contributed by atoms with Gasteiger partial charge in [-0.05, 0) is 38.3 Å². The first-order valence-corrected chi connectivity index (χ1v) is 10.4. The fourth-order valence-electron chi connectivity index (χ4n) is 4.68. The fraction of sp³-hybridized carbons (Fsp3) is 0.524. The molecule has 2 aromatic heterocycles. The number of para-hydroxylation sites is 1. The molecule has 0 N–H and O–H groups in total. The second-order valence-electron chi connectivity index (χ2n) is 7.98. The molecule has 3 heterocycles. The number of aryl methyl sites for hydroxylation is 1. The van der Waals surface area contributed by atoms with Crippen molar-refractivity contribution in [2.45, 2.75) is 39.0 Å². The summed E-state index contributed by atoms with van der Waals surface area (Å²) in [6.45, 7) is 5.23. The van der Waals surface area contributed by atoms with Crippen LogP contribution in [0.1, 0.15) is 37.9 Å². The molecule has 146 valence electrons. The molecule has 0 radical (unpaired) electrons. The van der Waals surface area contributed by atoms with E-state index < -0.39 is 0 Å². The monoisotopic (exact) mass is 378 g/mol. The summed E-state index contributed by atoms with van der Waals surface area (Å²) in [5.41, 5.74) is 1.78. The van der Waals surface area contributed by atoms with E-state index in [-0.39, 0.29) is 5.92 Å². The second-order valence-corrected chi connectivity index (χ2v) is 7.98. The van der Waals surface area contributed by atoms with Crippen molar-refractivity contribution < 1.29 is 4.79 Å². The van der Waals surface area contributed by atoms with Crippen molar-refractivity contribution in [3.63, 3.8) is 0 Å². The van der Waals surface area contributed by atoms with Crippen LogP contribution in [0.5, 0.6) is 0 Å². The van der Waals surface area contributed by atoms with Gasteiger partial charge in [0.15, 0.2) is 5.65 Å². The van der Waals surface area contributed by atoms with Crippen molar-refractivity contribution in [2.75, 3.05) is 31.1 Å². The summed E-state index contributed by atoms with van der Waals surface area (Å²) in [6.07, 6.45) is 5.47. The summed E-state index contributed by atoms with van der Waals surface area (Å²) in [5, 5.41) is 9.72. The molecule has 1 saturated carbocycles. The molecule has 1 aliphatic carbocycles. The van der Waals surface area contributed by atoms with Gasteiger partial charge in [-0.15, -0.1) is 10.2 Å². The maximum absolute atomic E-state index is 12.9. The normalized spacial score (nSPS) is 18.9. The van der Waals surface area contributed by atoms with Crippen molar-refractivity contribution in [3.05, 3.63) is 30.1 Å². The summed E-state index contributed by atoms with van der Waals surface area (Å²) in [6, 6.07) is 8.08. The molecule has 0 unspecified atom stereocenters. The lowest BCUT2D eigenvalue weighted by Crippen LogP contribution is -2.38. The van der Waals surface area contributed by atoms with Crippen LogP contribution in [0.15, 0.2) is 24.3 Å². The van der Waals surface area contributed by atoms with Crippen LogP contribution >= 0.6 is 0 Å². The van der Waals surface area contributed by atoms with Crippen molar-refractivity contribution in [3.8, 4) is 0 Å². The molecule has 2 aliphatic rings. The smallest absolute Gasteiger partial charge is 0.225 e. The lowest BCUT2D eigenvalue weighted by atomic mass is 10.1. The first-order valence-electron chi connectivity index (χ1n) is 10.4. The van der Waals surface area contributed by atoms with E-state index in [0.717, 1.165) is 73.8 Å². The zero-order valence-corrected chi connectivity index (χ0v) is 16.3. The van der Waals surface area contributed by atoms with Crippen molar-refractivity contribution >= 4 is 28.4 Å².